The number of carbonyl (C=O) groups is 1. The Morgan fingerprint density at radius 3 is 2.50 bits per heavy atom. The van der Waals surface area contributed by atoms with Gasteiger partial charge in [-0.25, -0.2) is 12.7 Å². The van der Waals surface area contributed by atoms with E-state index in [-0.39, 0.29) is 24.1 Å². The average molecular weight is 459 g/mol. The van der Waals surface area contributed by atoms with E-state index in [2.05, 4.69) is 5.16 Å². The highest BCUT2D eigenvalue weighted by Crippen LogP contribution is 2.35. The van der Waals surface area contributed by atoms with Crippen LogP contribution >= 0.6 is 0 Å². The number of aromatic nitrogens is 1. The summed E-state index contributed by atoms with van der Waals surface area (Å²) in [5.74, 6) is 0.693. The SMILES string of the molecule is CCOCc1cc(C=O)ccc1-c1ccccc1S(=O)(=O)N(COC)c1noc(C)c1C. The smallest absolute Gasteiger partial charge is 0.268 e. The molecule has 1 heterocycles. The van der Waals surface area contributed by atoms with Crippen LogP contribution in [0.15, 0.2) is 51.9 Å². The maximum atomic E-state index is 13.8. The van der Waals surface area contributed by atoms with Crippen molar-refractivity contribution in [3.05, 3.63) is 64.9 Å². The number of rotatable bonds is 10. The number of nitrogens with zero attached hydrogens (tertiary/aromatic N) is 2. The zero-order valence-electron chi connectivity index (χ0n) is 18.5. The molecule has 0 bridgehead atoms. The van der Waals surface area contributed by atoms with Gasteiger partial charge >= 0.3 is 0 Å². The Hall–Kier alpha value is -3.01. The van der Waals surface area contributed by atoms with Gasteiger partial charge in [0, 0.05) is 30.4 Å². The number of ether oxygens (including phenoxy) is 2. The largest absolute Gasteiger partial charge is 0.377 e. The molecule has 2 aromatic carbocycles. The number of sulfonamides is 1. The van der Waals surface area contributed by atoms with Crippen molar-refractivity contribution in [1.29, 1.82) is 0 Å². The van der Waals surface area contributed by atoms with Crippen LogP contribution in [0.1, 0.15) is 34.2 Å². The minimum Gasteiger partial charge on any atom is -0.377 e. The minimum atomic E-state index is -4.08. The molecule has 0 radical (unpaired) electrons. The van der Waals surface area contributed by atoms with Crippen molar-refractivity contribution in [3.63, 3.8) is 0 Å². The summed E-state index contributed by atoms with van der Waals surface area (Å²) in [4.78, 5) is 11.4. The third kappa shape index (κ3) is 4.59. The quantitative estimate of drug-likeness (QED) is 0.333. The van der Waals surface area contributed by atoms with Crippen LogP contribution in [0, 0.1) is 13.8 Å². The molecule has 8 nitrogen and oxygen atoms in total. The molecule has 0 saturated heterocycles. The number of benzene rings is 2. The third-order valence-electron chi connectivity index (χ3n) is 5.09. The second-order valence-corrected chi connectivity index (χ2v) is 8.96. The lowest BCUT2D eigenvalue weighted by atomic mass is 9.98. The monoisotopic (exact) mass is 458 g/mol. The number of anilines is 1. The second kappa shape index (κ2) is 10.1. The van der Waals surface area contributed by atoms with E-state index in [0.29, 0.717) is 40.2 Å². The normalized spacial score (nSPS) is 11.5. The van der Waals surface area contributed by atoms with Gasteiger partial charge in [-0.3, -0.25) is 4.79 Å². The van der Waals surface area contributed by atoms with Gasteiger partial charge in [-0.05, 0) is 44.0 Å². The van der Waals surface area contributed by atoms with Crippen LogP contribution in [0.3, 0.4) is 0 Å². The van der Waals surface area contributed by atoms with Crippen molar-refractivity contribution in [2.45, 2.75) is 32.3 Å². The fourth-order valence-corrected chi connectivity index (χ4v) is 4.90. The Morgan fingerprint density at radius 2 is 1.88 bits per heavy atom. The van der Waals surface area contributed by atoms with Crippen molar-refractivity contribution in [1.82, 2.24) is 5.16 Å². The maximum Gasteiger partial charge on any atom is 0.268 e. The zero-order valence-corrected chi connectivity index (χ0v) is 19.3. The summed E-state index contributed by atoms with van der Waals surface area (Å²) in [7, 11) is -2.67. The third-order valence-corrected chi connectivity index (χ3v) is 6.86. The predicted molar refractivity (Wildman–Crippen MR) is 120 cm³/mol. The van der Waals surface area contributed by atoms with Gasteiger partial charge in [0.2, 0.25) is 0 Å². The van der Waals surface area contributed by atoms with E-state index >= 15 is 0 Å². The Morgan fingerprint density at radius 1 is 1.12 bits per heavy atom. The lowest BCUT2D eigenvalue weighted by Gasteiger charge is -2.23. The van der Waals surface area contributed by atoms with Crippen LogP contribution in [0.2, 0.25) is 0 Å². The van der Waals surface area contributed by atoms with E-state index in [4.69, 9.17) is 14.0 Å². The lowest BCUT2D eigenvalue weighted by molar-refractivity contribution is 0.112. The summed E-state index contributed by atoms with van der Waals surface area (Å²) in [6.45, 7) is 5.81. The van der Waals surface area contributed by atoms with E-state index in [9.17, 15) is 13.2 Å². The van der Waals surface area contributed by atoms with Gasteiger partial charge in [0.05, 0.1) is 11.5 Å². The Bertz CT molecular complexity index is 1200. The van der Waals surface area contributed by atoms with E-state index in [1.165, 1.54) is 13.2 Å². The summed E-state index contributed by atoms with van der Waals surface area (Å²) in [6.07, 6.45) is 0.748. The van der Waals surface area contributed by atoms with Crippen molar-refractivity contribution >= 4 is 22.1 Å². The van der Waals surface area contributed by atoms with Crippen LogP contribution in [0.25, 0.3) is 11.1 Å². The lowest BCUT2D eigenvalue weighted by Crippen LogP contribution is -2.34. The topological polar surface area (TPSA) is 98.9 Å². The molecule has 0 fully saturated rings. The molecule has 1 aromatic heterocycles. The molecule has 0 N–H and O–H groups in total. The molecule has 0 atom stereocenters. The average Bonchev–Trinajstić information content (AvgIpc) is 3.13. The van der Waals surface area contributed by atoms with E-state index in [1.54, 1.807) is 50.2 Å². The Balaban J connectivity index is 2.19. The highest BCUT2D eigenvalue weighted by atomic mass is 32.2. The molecule has 0 spiro atoms. The van der Waals surface area contributed by atoms with Crippen molar-refractivity contribution in [2.75, 3.05) is 24.8 Å². The highest BCUT2D eigenvalue weighted by molar-refractivity contribution is 7.93. The van der Waals surface area contributed by atoms with Gasteiger partial charge in [-0.2, -0.15) is 0 Å². The number of hydrogen-bond acceptors (Lipinski definition) is 7. The first-order valence-electron chi connectivity index (χ1n) is 10.0. The molecule has 0 saturated carbocycles. The molecular formula is C23H26N2O6S. The first-order chi connectivity index (χ1) is 15.3. The number of methoxy groups -OCH3 is 1. The first kappa shape index (κ1) is 23.6. The standard InChI is InChI=1S/C23H26N2O6S/c1-5-30-14-19-12-18(13-26)10-11-20(19)21-8-6-7-9-22(21)32(27,28)25(15-29-4)23-16(2)17(3)31-24-23/h6-13H,5,14-15H2,1-4H3. The number of aldehydes is 1. The van der Waals surface area contributed by atoms with Gasteiger partial charge in [-0.1, -0.05) is 35.5 Å². The van der Waals surface area contributed by atoms with E-state index in [1.807, 2.05) is 6.92 Å². The van der Waals surface area contributed by atoms with Crippen LogP contribution in [0.4, 0.5) is 5.82 Å². The molecule has 0 aliphatic rings. The fourth-order valence-electron chi connectivity index (χ4n) is 3.31. The van der Waals surface area contributed by atoms with E-state index in [0.717, 1.165) is 10.6 Å². The highest BCUT2D eigenvalue weighted by Gasteiger charge is 2.32. The van der Waals surface area contributed by atoms with Crippen LogP contribution in [-0.2, 0) is 26.1 Å². The Kier molecular flexibility index (Phi) is 7.44. The summed E-state index contributed by atoms with van der Waals surface area (Å²) in [6, 6.07) is 11.8. The molecule has 0 amide bonds. The molecule has 9 heteroatoms. The molecular weight excluding hydrogens is 432 g/mol. The summed E-state index contributed by atoms with van der Waals surface area (Å²) in [5, 5.41) is 3.94. The molecule has 0 aliphatic carbocycles. The molecule has 0 unspecified atom stereocenters. The summed E-state index contributed by atoms with van der Waals surface area (Å²) >= 11 is 0. The molecule has 3 rings (SSSR count). The van der Waals surface area contributed by atoms with Gasteiger partial charge in [-0.15, -0.1) is 0 Å². The second-order valence-electron chi connectivity index (χ2n) is 7.13. The number of carbonyl (C=O) groups excluding carboxylic acids is 1. The fraction of sp³-hybridized carbons (Fsp3) is 0.304. The zero-order chi connectivity index (χ0) is 23.3. The van der Waals surface area contributed by atoms with Crippen LogP contribution in [0.5, 0.6) is 0 Å². The maximum absolute atomic E-state index is 13.8. The van der Waals surface area contributed by atoms with Gasteiger partial charge in [0.1, 0.15) is 18.8 Å². The summed E-state index contributed by atoms with van der Waals surface area (Å²) < 4.78 is 44.6. The predicted octanol–water partition coefficient (Wildman–Crippen LogP) is 4.11. The number of aryl methyl sites for hydroxylation is 1. The number of hydrogen-bond donors (Lipinski definition) is 0. The molecule has 32 heavy (non-hydrogen) atoms. The molecule has 0 aliphatic heterocycles. The van der Waals surface area contributed by atoms with Gasteiger partial charge in [0.25, 0.3) is 10.0 Å². The van der Waals surface area contributed by atoms with Gasteiger partial charge < -0.3 is 14.0 Å². The van der Waals surface area contributed by atoms with Crippen LogP contribution < -0.4 is 4.31 Å². The van der Waals surface area contributed by atoms with Gasteiger partial charge in [0.15, 0.2) is 5.82 Å². The first-order valence-corrected chi connectivity index (χ1v) is 11.5. The minimum absolute atomic E-state index is 0.0775. The molecule has 170 valence electrons. The van der Waals surface area contributed by atoms with Crippen molar-refractivity contribution < 1.29 is 27.2 Å². The van der Waals surface area contributed by atoms with Crippen molar-refractivity contribution in [3.8, 4) is 11.1 Å². The van der Waals surface area contributed by atoms with Crippen molar-refractivity contribution in [2.24, 2.45) is 0 Å². The Labute approximate surface area is 187 Å². The molecule has 3 aromatic rings. The van der Waals surface area contributed by atoms with Crippen LogP contribution in [-0.4, -0.2) is 40.3 Å². The summed E-state index contributed by atoms with van der Waals surface area (Å²) in [5.41, 5.74) is 2.95. The van der Waals surface area contributed by atoms with E-state index < -0.39 is 10.0 Å².